The van der Waals surface area contributed by atoms with Crippen LogP contribution in [-0.2, 0) is 25.9 Å². The first-order valence-electron chi connectivity index (χ1n) is 8.66. The second kappa shape index (κ2) is 5.88. The highest BCUT2D eigenvalue weighted by Gasteiger charge is 2.29. The summed E-state index contributed by atoms with van der Waals surface area (Å²) in [7, 11) is 0. The molecule has 0 spiro atoms. The Morgan fingerprint density at radius 3 is 3.00 bits per heavy atom. The highest BCUT2D eigenvalue weighted by atomic mass is 15.3. The maximum atomic E-state index is 4.93. The number of aromatic amines is 1. The lowest BCUT2D eigenvalue weighted by molar-refractivity contribution is 0.240. The highest BCUT2D eigenvalue weighted by Crippen LogP contribution is 2.33. The van der Waals surface area contributed by atoms with Crippen molar-refractivity contribution in [1.82, 2.24) is 24.6 Å². The fourth-order valence-corrected chi connectivity index (χ4v) is 3.85. The second-order valence-electron chi connectivity index (χ2n) is 6.59. The first-order chi connectivity index (χ1) is 10.8. The van der Waals surface area contributed by atoms with E-state index >= 15 is 0 Å². The highest BCUT2D eigenvalue weighted by molar-refractivity contribution is 5.20. The van der Waals surface area contributed by atoms with Gasteiger partial charge in [-0.2, -0.15) is 5.10 Å². The van der Waals surface area contributed by atoms with Gasteiger partial charge >= 0.3 is 0 Å². The van der Waals surface area contributed by atoms with E-state index in [1.165, 1.54) is 54.9 Å². The number of aryl methyl sites for hydroxylation is 3. The van der Waals surface area contributed by atoms with Crippen molar-refractivity contribution in [1.29, 1.82) is 0 Å². The largest absolute Gasteiger partial charge is 0.344 e. The maximum absolute atomic E-state index is 4.93. The summed E-state index contributed by atoms with van der Waals surface area (Å²) < 4.78 is 2.01. The smallest absolute Gasteiger partial charge is 0.124 e. The summed E-state index contributed by atoms with van der Waals surface area (Å²) in [6.45, 7) is 5.21. The summed E-state index contributed by atoms with van der Waals surface area (Å²) >= 11 is 0. The first kappa shape index (κ1) is 14.0. The Bertz CT molecular complexity index is 618. The van der Waals surface area contributed by atoms with E-state index in [1.54, 1.807) is 0 Å². The van der Waals surface area contributed by atoms with Crippen LogP contribution in [-0.4, -0.2) is 31.2 Å². The summed E-state index contributed by atoms with van der Waals surface area (Å²) in [5, 5.41) is 4.39. The van der Waals surface area contributed by atoms with Crippen LogP contribution < -0.4 is 0 Å². The Hall–Kier alpha value is -1.62. The molecule has 0 saturated carbocycles. The van der Waals surface area contributed by atoms with Gasteiger partial charge in [-0.1, -0.05) is 0 Å². The van der Waals surface area contributed by atoms with Crippen molar-refractivity contribution in [3.63, 3.8) is 0 Å². The molecule has 0 radical (unpaired) electrons. The Morgan fingerprint density at radius 1 is 1.27 bits per heavy atom. The van der Waals surface area contributed by atoms with E-state index in [0.29, 0.717) is 6.04 Å². The quantitative estimate of drug-likeness (QED) is 0.944. The third kappa shape index (κ3) is 2.58. The lowest BCUT2D eigenvalue weighted by Crippen LogP contribution is -2.23. The Morgan fingerprint density at radius 2 is 2.18 bits per heavy atom. The number of nitrogens with zero attached hydrogens (tertiary/aromatic N) is 4. The molecule has 22 heavy (non-hydrogen) atoms. The van der Waals surface area contributed by atoms with Crippen molar-refractivity contribution in [2.24, 2.45) is 0 Å². The van der Waals surface area contributed by atoms with E-state index in [4.69, 9.17) is 4.98 Å². The van der Waals surface area contributed by atoms with Gasteiger partial charge in [0.05, 0.1) is 17.9 Å². The van der Waals surface area contributed by atoms with Crippen molar-refractivity contribution in [2.75, 3.05) is 6.54 Å². The standard InChI is InChI=1S/C17H25N5/c1-2-22-12-13(10-18-22)11-21-9-5-8-16(21)17-19-14-6-3-4-7-15(14)20-17/h10,12,16H,2-9,11H2,1H3,(H,19,20). The number of likely N-dealkylation sites (tertiary alicyclic amines) is 1. The average molecular weight is 299 g/mol. The summed E-state index contributed by atoms with van der Waals surface area (Å²) in [6.07, 6.45) is 11.6. The summed E-state index contributed by atoms with van der Waals surface area (Å²) in [5.41, 5.74) is 4.03. The molecule has 3 heterocycles. The molecule has 2 aromatic rings. The van der Waals surface area contributed by atoms with Crippen LogP contribution in [0.5, 0.6) is 0 Å². The Kier molecular flexibility index (Phi) is 3.74. The minimum absolute atomic E-state index is 0.454. The zero-order valence-corrected chi connectivity index (χ0v) is 13.4. The van der Waals surface area contributed by atoms with Gasteiger partial charge in [-0.25, -0.2) is 4.98 Å². The lowest BCUT2D eigenvalue weighted by Gasteiger charge is -2.22. The van der Waals surface area contributed by atoms with Gasteiger partial charge < -0.3 is 4.98 Å². The normalized spacial score (nSPS) is 22.1. The number of aromatic nitrogens is 4. The van der Waals surface area contributed by atoms with E-state index in [0.717, 1.165) is 26.1 Å². The Labute approximate surface area is 131 Å². The van der Waals surface area contributed by atoms with Crippen LogP contribution in [0.15, 0.2) is 12.4 Å². The van der Waals surface area contributed by atoms with Crippen molar-refractivity contribution in [3.8, 4) is 0 Å². The summed E-state index contributed by atoms with van der Waals surface area (Å²) in [4.78, 5) is 11.1. The molecule has 0 bridgehead atoms. The SMILES string of the molecule is CCn1cc(CN2CCCC2c2nc3c([nH]2)CCCC3)cn1. The number of nitrogens with one attached hydrogen (secondary N) is 1. The minimum atomic E-state index is 0.454. The molecule has 1 unspecified atom stereocenters. The number of imidazole rings is 1. The predicted molar refractivity (Wildman–Crippen MR) is 85.5 cm³/mol. The molecule has 5 heteroatoms. The molecule has 1 N–H and O–H groups in total. The molecule has 0 aromatic carbocycles. The predicted octanol–water partition coefficient (Wildman–Crippen LogP) is 2.84. The van der Waals surface area contributed by atoms with Gasteiger partial charge in [-0.15, -0.1) is 0 Å². The van der Waals surface area contributed by atoms with Gasteiger partial charge in [0.15, 0.2) is 0 Å². The molecule has 1 saturated heterocycles. The topological polar surface area (TPSA) is 49.7 Å². The van der Waals surface area contributed by atoms with Crippen molar-refractivity contribution in [3.05, 3.63) is 35.2 Å². The first-order valence-corrected chi connectivity index (χ1v) is 8.66. The van der Waals surface area contributed by atoms with Gasteiger partial charge in [-0.05, 0) is 52.0 Å². The zero-order chi connectivity index (χ0) is 14.9. The van der Waals surface area contributed by atoms with Gasteiger partial charge in [0.25, 0.3) is 0 Å². The molecule has 1 aliphatic heterocycles. The number of fused-ring (bicyclic) bond motifs is 1. The number of rotatable bonds is 4. The molecule has 118 valence electrons. The molecule has 1 fully saturated rings. The summed E-state index contributed by atoms with van der Waals surface area (Å²) in [5.74, 6) is 1.20. The van der Waals surface area contributed by atoms with Gasteiger partial charge in [0.2, 0.25) is 0 Å². The third-order valence-electron chi connectivity index (χ3n) is 5.05. The van der Waals surface area contributed by atoms with Crippen LogP contribution in [0.2, 0.25) is 0 Å². The molecule has 2 aliphatic rings. The molecule has 2 aromatic heterocycles. The van der Waals surface area contributed by atoms with Crippen molar-refractivity contribution >= 4 is 0 Å². The number of H-pyrrole nitrogens is 1. The number of hydrogen-bond acceptors (Lipinski definition) is 3. The third-order valence-corrected chi connectivity index (χ3v) is 5.05. The molecular formula is C17H25N5. The van der Waals surface area contributed by atoms with E-state index in [2.05, 4.69) is 28.1 Å². The van der Waals surface area contributed by atoms with Crippen LogP contribution in [0, 0.1) is 0 Å². The monoisotopic (exact) mass is 299 g/mol. The van der Waals surface area contributed by atoms with E-state index in [9.17, 15) is 0 Å². The fourth-order valence-electron chi connectivity index (χ4n) is 3.85. The molecule has 5 nitrogen and oxygen atoms in total. The Balaban J connectivity index is 1.51. The van der Waals surface area contributed by atoms with Gasteiger partial charge in [0, 0.05) is 30.5 Å². The molecular weight excluding hydrogens is 274 g/mol. The molecule has 1 atom stereocenters. The molecule has 4 rings (SSSR count). The zero-order valence-electron chi connectivity index (χ0n) is 13.4. The van der Waals surface area contributed by atoms with E-state index in [1.807, 2.05) is 10.9 Å². The van der Waals surface area contributed by atoms with Crippen LogP contribution in [0.1, 0.15) is 61.4 Å². The summed E-state index contributed by atoms with van der Waals surface area (Å²) in [6, 6.07) is 0.454. The maximum Gasteiger partial charge on any atom is 0.124 e. The average Bonchev–Trinajstić information content (AvgIpc) is 3.25. The molecule has 0 amide bonds. The lowest BCUT2D eigenvalue weighted by atomic mass is 10.0. The van der Waals surface area contributed by atoms with Crippen LogP contribution in [0.25, 0.3) is 0 Å². The van der Waals surface area contributed by atoms with Crippen molar-refractivity contribution < 1.29 is 0 Å². The fraction of sp³-hybridized carbons (Fsp3) is 0.647. The van der Waals surface area contributed by atoms with Crippen LogP contribution >= 0.6 is 0 Å². The van der Waals surface area contributed by atoms with Gasteiger partial charge in [-0.3, -0.25) is 9.58 Å². The molecule has 1 aliphatic carbocycles. The van der Waals surface area contributed by atoms with E-state index < -0.39 is 0 Å². The van der Waals surface area contributed by atoms with E-state index in [-0.39, 0.29) is 0 Å². The number of hydrogen-bond donors (Lipinski definition) is 1. The van der Waals surface area contributed by atoms with Gasteiger partial charge in [0.1, 0.15) is 5.82 Å². The minimum Gasteiger partial charge on any atom is -0.344 e. The van der Waals surface area contributed by atoms with Crippen LogP contribution in [0.3, 0.4) is 0 Å². The van der Waals surface area contributed by atoms with Crippen LogP contribution in [0.4, 0.5) is 0 Å². The second-order valence-corrected chi connectivity index (χ2v) is 6.59. The van der Waals surface area contributed by atoms with Crippen molar-refractivity contribution in [2.45, 2.75) is 64.6 Å².